The molecule has 0 aliphatic heterocycles. The van der Waals surface area contributed by atoms with Gasteiger partial charge in [0.2, 0.25) is 0 Å². The van der Waals surface area contributed by atoms with E-state index in [1.54, 1.807) is 0 Å². The molecule has 0 aromatic heterocycles. The molecule has 3 N–H and O–H groups in total. The van der Waals surface area contributed by atoms with Gasteiger partial charge in [-0.25, -0.2) is 0 Å². The number of aryl methyl sites for hydroxylation is 1. The number of nitrogen functional groups attached to an aromatic ring is 1. The van der Waals surface area contributed by atoms with E-state index in [4.69, 9.17) is 10.8 Å². The summed E-state index contributed by atoms with van der Waals surface area (Å²) in [5.41, 5.74) is 8.72. The third-order valence-electron chi connectivity index (χ3n) is 1.89. The number of nitrogens with two attached hydrogens (primary N) is 1. The molecule has 0 heterocycles. The second-order valence-corrected chi connectivity index (χ2v) is 3.03. The van der Waals surface area contributed by atoms with Crippen LogP contribution in [0.2, 0.25) is 0 Å². The Hall–Kier alpha value is -1.28. The highest BCUT2D eigenvalue weighted by atomic mass is 16.2. The maximum absolute atomic E-state index is 8.59. The molecule has 1 aromatic rings. The molecule has 1 rings (SSSR count). The van der Waals surface area contributed by atoms with Gasteiger partial charge >= 0.3 is 0 Å². The van der Waals surface area contributed by atoms with Crippen molar-refractivity contribution in [2.45, 2.75) is 13.3 Å². The summed E-state index contributed by atoms with van der Waals surface area (Å²) in [4.78, 5) is 0. The minimum absolute atomic E-state index is 0.199. The topological polar surface area (TPSA) is 46.2 Å². The van der Waals surface area contributed by atoms with Crippen LogP contribution < -0.4 is 5.73 Å². The lowest BCUT2D eigenvalue weighted by molar-refractivity contribution is 0.303. The van der Waals surface area contributed by atoms with Gasteiger partial charge in [-0.1, -0.05) is 18.2 Å². The molecule has 0 saturated heterocycles. The Labute approximate surface area is 78.7 Å². The van der Waals surface area contributed by atoms with E-state index in [9.17, 15) is 0 Å². The first-order chi connectivity index (χ1) is 6.24. The van der Waals surface area contributed by atoms with Crippen LogP contribution in [-0.4, -0.2) is 11.7 Å². The van der Waals surface area contributed by atoms with Gasteiger partial charge in [-0.05, 0) is 36.6 Å². The van der Waals surface area contributed by atoms with Crippen molar-refractivity contribution in [1.82, 2.24) is 0 Å². The van der Waals surface area contributed by atoms with Crippen molar-refractivity contribution < 1.29 is 5.11 Å². The number of aliphatic hydroxyl groups is 1. The fraction of sp³-hybridized carbons (Fsp3) is 0.273. The van der Waals surface area contributed by atoms with Gasteiger partial charge in [-0.3, -0.25) is 0 Å². The molecule has 70 valence electrons. The minimum Gasteiger partial charge on any atom is -0.399 e. The van der Waals surface area contributed by atoms with Gasteiger partial charge in [0.1, 0.15) is 0 Å². The summed E-state index contributed by atoms with van der Waals surface area (Å²) in [7, 11) is 0. The molecule has 13 heavy (non-hydrogen) atoms. The maximum Gasteiger partial charge on any atom is 0.0465 e. The van der Waals surface area contributed by atoms with E-state index in [2.05, 4.69) is 0 Å². The molecular formula is C11H15NO. The summed E-state index contributed by atoms with van der Waals surface area (Å²) in [6, 6.07) is 5.81. The molecule has 0 fully saturated rings. The van der Waals surface area contributed by atoms with Gasteiger partial charge in [0.15, 0.2) is 0 Å². The van der Waals surface area contributed by atoms with E-state index in [0.717, 1.165) is 16.8 Å². The quantitative estimate of drug-likeness (QED) is 0.693. The normalized spacial score (nSPS) is 10.9. The van der Waals surface area contributed by atoms with E-state index in [0.29, 0.717) is 6.42 Å². The first kappa shape index (κ1) is 9.81. The smallest absolute Gasteiger partial charge is 0.0465 e. The van der Waals surface area contributed by atoms with E-state index in [-0.39, 0.29) is 6.61 Å². The average Bonchev–Trinajstić information content (AvgIpc) is 2.09. The zero-order valence-electron chi connectivity index (χ0n) is 7.83. The molecule has 0 radical (unpaired) electrons. The largest absolute Gasteiger partial charge is 0.399 e. The Morgan fingerprint density at radius 1 is 1.46 bits per heavy atom. The lowest BCUT2D eigenvalue weighted by Gasteiger charge is -2.00. The highest BCUT2D eigenvalue weighted by molar-refractivity contribution is 5.57. The molecule has 2 heteroatoms. The number of hydrogen-bond donors (Lipinski definition) is 2. The fourth-order valence-corrected chi connectivity index (χ4v) is 1.17. The summed E-state index contributed by atoms with van der Waals surface area (Å²) in [6.07, 6.45) is 4.66. The van der Waals surface area contributed by atoms with E-state index in [1.165, 1.54) is 0 Å². The summed E-state index contributed by atoms with van der Waals surface area (Å²) in [6.45, 7) is 2.22. The Kier molecular flexibility index (Phi) is 3.53. The van der Waals surface area contributed by atoms with E-state index < -0.39 is 0 Å². The average molecular weight is 177 g/mol. The zero-order chi connectivity index (χ0) is 9.68. The first-order valence-corrected chi connectivity index (χ1v) is 4.37. The molecule has 0 atom stereocenters. The minimum atomic E-state index is 0.199. The highest BCUT2D eigenvalue weighted by Crippen LogP contribution is 2.13. The molecule has 0 amide bonds. The first-order valence-electron chi connectivity index (χ1n) is 4.37. The maximum atomic E-state index is 8.59. The van der Waals surface area contributed by atoms with Crippen LogP contribution in [0.1, 0.15) is 17.5 Å². The van der Waals surface area contributed by atoms with Gasteiger partial charge in [0.05, 0.1) is 0 Å². The number of hydrogen-bond acceptors (Lipinski definition) is 2. The monoisotopic (exact) mass is 177 g/mol. The lowest BCUT2D eigenvalue weighted by atomic mass is 10.1. The SMILES string of the molecule is Cc1cc(N)ccc1C=CCCO. The predicted molar refractivity (Wildman–Crippen MR) is 56.3 cm³/mol. The van der Waals surface area contributed by atoms with Crippen molar-refractivity contribution in [2.75, 3.05) is 12.3 Å². The highest BCUT2D eigenvalue weighted by Gasteiger charge is 1.93. The summed E-state index contributed by atoms with van der Waals surface area (Å²) in [5, 5.41) is 8.59. The predicted octanol–water partition coefficient (Wildman–Crippen LogP) is 1.97. The molecule has 0 aliphatic rings. The van der Waals surface area contributed by atoms with Crippen molar-refractivity contribution in [2.24, 2.45) is 0 Å². The number of aliphatic hydroxyl groups excluding tert-OH is 1. The van der Waals surface area contributed by atoms with Crippen LogP contribution in [0.15, 0.2) is 24.3 Å². The number of anilines is 1. The van der Waals surface area contributed by atoms with Gasteiger partial charge in [0, 0.05) is 12.3 Å². The molecular weight excluding hydrogens is 162 g/mol. The van der Waals surface area contributed by atoms with Crippen molar-refractivity contribution in [1.29, 1.82) is 0 Å². The van der Waals surface area contributed by atoms with Gasteiger partial charge in [0.25, 0.3) is 0 Å². The van der Waals surface area contributed by atoms with E-state index in [1.807, 2.05) is 37.3 Å². The van der Waals surface area contributed by atoms with Crippen molar-refractivity contribution in [3.05, 3.63) is 35.4 Å². The van der Waals surface area contributed by atoms with Crippen molar-refractivity contribution >= 4 is 11.8 Å². The molecule has 0 bridgehead atoms. The molecule has 0 spiro atoms. The van der Waals surface area contributed by atoms with Gasteiger partial charge in [-0.15, -0.1) is 0 Å². The molecule has 1 aromatic carbocycles. The summed E-state index contributed by atoms with van der Waals surface area (Å²) in [5.74, 6) is 0. The van der Waals surface area contributed by atoms with Crippen LogP contribution in [0.25, 0.3) is 6.08 Å². The van der Waals surface area contributed by atoms with Crippen LogP contribution in [0.3, 0.4) is 0 Å². The number of rotatable bonds is 3. The van der Waals surface area contributed by atoms with Crippen LogP contribution in [0, 0.1) is 6.92 Å². The van der Waals surface area contributed by atoms with Crippen LogP contribution in [0.4, 0.5) is 5.69 Å². The molecule has 0 unspecified atom stereocenters. The molecule has 2 nitrogen and oxygen atoms in total. The summed E-state index contributed by atoms with van der Waals surface area (Å²) >= 11 is 0. The van der Waals surface area contributed by atoms with Crippen LogP contribution in [-0.2, 0) is 0 Å². The summed E-state index contributed by atoms with van der Waals surface area (Å²) < 4.78 is 0. The Balaban J connectivity index is 2.77. The van der Waals surface area contributed by atoms with Crippen molar-refractivity contribution in [3.8, 4) is 0 Å². The Morgan fingerprint density at radius 3 is 2.85 bits per heavy atom. The second-order valence-electron chi connectivity index (χ2n) is 3.03. The third-order valence-corrected chi connectivity index (χ3v) is 1.89. The lowest BCUT2D eigenvalue weighted by Crippen LogP contribution is -1.87. The molecule has 0 aliphatic carbocycles. The van der Waals surface area contributed by atoms with Crippen LogP contribution >= 0.6 is 0 Å². The standard InChI is InChI=1S/C11H15NO/c1-9-8-11(12)6-5-10(9)4-2-3-7-13/h2,4-6,8,13H,3,7,12H2,1H3. The fourth-order valence-electron chi connectivity index (χ4n) is 1.17. The van der Waals surface area contributed by atoms with Crippen LogP contribution in [0.5, 0.6) is 0 Å². The molecule has 0 saturated carbocycles. The van der Waals surface area contributed by atoms with Gasteiger partial charge < -0.3 is 10.8 Å². The second kappa shape index (κ2) is 4.67. The van der Waals surface area contributed by atoms with Crippen molar-refractivity contribution in [3.63, 3.8) is 0 Å². The van der Waals surface area contributed by atoms with E-state index >= 15 is 0 Å². The Morgan fingerprint density at radius 2 is 2.23 bits per heavy atom. The zero-order valence-corrected chi connectivity index (χ0v) is 7.83. The third kappa shape index (κ3) is 2.92. The number of benzene rings is 1. The van der Waals surface area contributed by atoms with Gasteiger partial charge in [-0.2, -0.15) is 0 Å². The Bertz CT molecular complexity index is 305.